The molecule has 0 bridgehead atoms. The fourth-order valence-electron chi connectivity index (χ4n) is 3.54. The van der Waals surface area contributed by atoms with Crippen LogP contribution in [-0.2, 0) is 11.3 Å². The minimum Gasteiger partial charge on any atom is -0.373 e. The van der Waals surface area contributed by atoms with Crippen molar-refractivity contribution in [1.29, 1.82) is 0 Å². The fraction of sp³-hybridized carbons (Fsp3) is 0.421. The first-order valence-electron chi connectivity index (χ1n) is 9.06. The number of aromatic nitrogens is 3. The van der Waals surface area contributed by atoms with Crippen LogP contribution in [0.5, 0.6) is 0 Å². The smallest absolute Gasteiger partial charge is 0.278 e. The van der Waals surface area contributed by atoms with Gasteiger partial charge in [0, 0.05) is 30.4 Å². The van der Waals surface area contributed by atoms with Crippen LogP contribution >= 0.6 is 11.3 Å². The highest BCUT2D eigenvalue weighted by Gasteiger charge is 2.23. The number of amides is 1. The molecule has 1 saturated heterocycles. The zero-order valence-electron chi connectivity index (χ0n) is 15.7. The first-order chi connectivity index (χ1) is 13.0. The molecule has 1 aromatic carbocycles. The first kappa shape index (κ1) is 18.1. The van der Waals surface area contributed by atoms with Gasteiger partial charge in [0.25, 0.3) is 5.91 Å². The molecule has 27 heavy (non-hydrogen) atoms. The molecule has 1 aliphatic rings. The third kappa shape index (κ3) is 4.02. The molecule has 0 saturated carbocycles. The van der Waals surface area contributed by atoms with Crippen LogP contribution in [0.2, 0.25) is 0 Å². The van der Waals surface area contributed by atoms with Crippen molar-refractivity contribution in [2.24, 2.45) is 0 Å². The number of fused-ring (bicyclic) bond motifs is 1. The molecule has 1 fully saturated rings. The number of carbonyl (C=O) groups is 1. The molecule has 3 heterocycles. The number of H-pyrrole nitrogens is 1. The summed E-state index contributed by atoms with van der Waals surface area (Å²) in [5.74, 6) is -0.249. The van der Waals surface area contributed by atoms with Crippen molar-refractivity contribution >= 4 is 33.3 Å². The highest BCUT2D eigenvalue weighted by atomic mass is 32.1. The van der Waals surface area contributed by atoms with Crippen molar-refractivity contribution in [1.82, 2.24) is 20.1 Å². The van der Waals surface area contributed by atoms with E-state index >= 15 is 0 Å². The van der Waals surface area contributed by atoms with Gasteiger partial charge in [0.2, 0.25) is 0 Å². The van der Waals surface area contributed by atoms with Crippen LogP contribution in [0.4, 0.5) is 5.13 Å². The van der Waals surface area contributed by atoms with E-state index in [1.807, 2.05) is 30.5 Å². The lowest BCUT2D eigenvalue weighted by Gasteiger charge is -2.34. The first-order valence-corrected chi connectivity index (χ1v) is 9.94. The minimum atomic E-state index is -0.249. The second kappa shape index (κ2) is 7.38. The molecule has 2 unspecified atom stereocenters. The lowest BCUT2D eigenvalue weighted by molar-refractivity contribution is -0.0707. The average Bonchev–Trinajstić information content (AvgIpc) is 3.20. The summed E-state index contributed by atoms with van der Waals surface area (Å²) in [7, 11) is 0. The summed E-state index contributed by atoms with van der Waals surface area (Å²) in [6.07, 6.45) is 0.450. The zero-order chi connectivity index (χ0) is 19.0. The Morgan fingerprint density at radius 2 is 2.15 bits per heavy atom. The molecule has 7 nitrogen and oxygen atoms in total. The van der Waals surface area contributed by atoms with Crippen LogP contribution in [0.3, 0.4) is 0 Å². The number of carbonyl (C=O) groups excluding carboxylic acids is 1. The topological polar surface area (TPSA) is 83.1 Å². The average molecular weight is 385 g/mol. The van der Waals surface area contributed by atoms with E-state index in [1.54, 1.807) is 0 Å². The minimum absolute atomic E-state index is 0.225. The number of morpholine rings is 1. The van der Waals surface area contributed by atoms with Crippen molar-refractivity contribution in [2.75, 3.05) is 18.4 Å². The molecule has 0 spiro atoms. The van der Waals surface area contributed by atoms with Gasteiger partial charge in [-0.15, -0.1) is 11.3 Å². The fourth-order valence-corrected chi connectivity index (χ4v) is 4.23. The van der Waals surface area contributed by atoms with E-state index in [-0.39, 0.29) is 18.1 Å². The summed E-state index contributed by atoms with van der Waals surface area (Å²) in [4.78, 5) is 19.5. The Kier molecular flexibility index (Phi) is 4.94. The number of hydrogen-bond acceptors (Lipinski definition) is 6. The van der Waals surface area contributed by atoms with Crippen LogP contribution in [-0.4, -0.2) is 51.3 Å². The predicted molar refractivity (Wildman–Crippen MR) is 106 cm³/mol. The molecule has 3 aromatic rings. The number of aromatic amines is 1. The lowest BCUT2D eigenvalue weighted by Crippen LogP contribution is -2.44. The molecule has 1 aliphatic heterocycles. The van der Waals surface area contributed by atoms with E-state index < -0.39 is 0 Å². The summed E-state index contributed by atoms with van der Waals surface area (Å²) >= 11 is 1.43. The van der Waals surface area contributed by atoms with Crippen LogP contribution in [0, 0.1) is 6.92 Å². The predicted octanol–water partition coefficient (Wildman–Crippen LogP) is 3.19. The van der Waals surface area contributed by atoms with Gasteiger partial charge in [-0.2, -0.15) is 5.10 Å². The van der Waals surface area contributed by atoms with Gasteiger partial charge in [-0.25, -0.2) is 4.98 Å². The SMILES string of the molecule is Cc1ccc2[nH]nc(C(=O)Nc3nc(CN4CC(C)OC(C)C4)cs3)c2c1. The highest BCUT2D eigenvalue weighted by Crippen LogP contribution is 2.22. The van der Waals surface area contributed by atoms with Crippen molar-refractivity contribution in [3.05, 3.63) is 40.5 Å². The normalized spacial score (nSPS) is 20.9. The number of aryl methyl sites for hydroxylation is 1. The summed E-state index contributed by atoms with van der Waals surface area (Å²) in [6.45, 7) is 8.71. The molecular weight excluding hydrogens is 362 g/mol. The summed E-state index contributed by atoms with van der Waals surface area (Å²) in [5, 5.41) is 13.3. The van der Waals surface area contributed by atoms with Crippen LogP contribution in [0.25, 0.3) is 10.9 Å². The standard InChI is InChI=1S/C19H23N5O2S/c1-11-4-5-16-15(6-11)17(23-22-16)18(25)21-19-20-14(10-27-19)9-24-7-12(2)26-13(3)8-24/h4-6,10,12-13H,7-9H2,1-3H3,(H,22,23)(H,20,21,25). The third-order valence-electron chi connectivity index (χ3n) is 4.59. The number of thiazole rings is 1. The maximum Gasteiger partial charge on any atom is 0.278 e. The number of ether oxygens (including phenoxy) is 1. The van der Waals surface area contributed by atoms with Gasteiger partial charge in [0.1, 0.15) is 0 Å². The number of anilines is 1. The van der Waals surface area contributed by atoms with Gasteiger partial charge in [0.05, 0.1) is 23.4 Å². The second-order valence-corrected chi connectivity index (χ2v) is 8.03. The van der Waals surface area contributed by atoms with Gasteiger partial charge in [0.15, 0.2) is 10.8 Å². The Morgan fingerprint density at radius 1 is 1.37 bits per heavy atom. The Bertz CT molecular complexity index is 956. The quantitative estimate of drug-likeness (QED) is 0.721. The van der Waals surface area contributed by atoms with Crippen molar-refractivity contribution in [3.63, 3.8) is 0 Å². The number of hydrogen-bond donors (Lipinski definition) is 2. The lowest BCUT2D eigenvalue weighted by atomic mass is 10.1. The molecule has 8 heteroatoms. The van der Waals surface area contributed by atoms with Crippen molar-refractivity contribution in [2.45, 2.75) is 39.5 Å². The number of rotatable bonds is 4. The number of benzene rings is 1. The zero-order valence-corrected chi connectivity index (χ0v) is 16.5. The van der Waals surface area contributed by atoms with E-state index in [4.69, 9.17) is 4.74 Å². The van der Waals surface area contributed by atoms with Crippen molar-refractivity contribution < 1.29 is 9.53 Å². The van der Waals surface area contributed by atoms with E-state index in [0.29, 0.717) is 10.8 Å². The molecule has 2 aromatic heterocycles. The number of nitrogens with one attached hydrogen (secondary N) is 2. The van der Waals surface area contributed by atoms with Crippen LogP contribution in [0.1, 0.15) is 35.6 Å². The van der Waals surface area contributed by atoms with Crippen LogP contribution < -0.4 is 5.32 Å². The van der Waals surface area contributed by atoms with Gasteiger partial charge in [-0.05, 0) is 32.9 Å². The summed E-state index contributed by atoms with van der Waals surface area (Å²) in [5.41, 5.74) is 3.28. The number of nitrogens with zero attached hydrogens (tertiary/aromatic N) is 3. The highest BCUT2D eigenvalue weighted by molar-refractivity contribution is 7.14. The van der Waals surface area contributed by atoms with Gasteiger partial charge >= 0.3 is 0 Å². The summed E-state index contributed by atoms with van der Waals surface area (Å²) < 4.78 is 5.77. The van der Waals surface area contributed by atoms with E-state index in [1.165, 1.54) is 11.3 Å². The molecule has 4 rings (SSSR count). The molecular formula is C19H23N5O2S. The van der Waals surface area contributed by atoms with Crippen LogP contribution in [0.15, 0.2) is 23.6 Å². The van der Waals surface area contributed by atoms with Gasteiger partial charge in [-0.3, -0.25) is 20.1 Å². The van der Waals surface area contributed by atoms with E-state index in [2.05, 4.69) is 39.2 Å². The second-order valence-electron chi connectivity index (χ2n) is 7.17. The molecule has 2 atom stereocenters. The van der Waals surface area contributed by atoms with Gasteiger partial charge in [-0.1, -0.05) is 11.6 Å². The molecule has 0 aliphatic carbocycles. The van der Waals surface area contributed by atoms with Gasteiger partial charge < -0.3 is 4.74 Å². The molecule has 0 radical (unpaired) electrons. The Morgan fingerprint density at radius 3 is 2.93 bits per heavy atom. The summed E-state index contributed by atoms with van der Waals surface area (Å²) in [6, 6.07) is 5.88. The van der Waals surface area contributed by atoms with Crippen molar-refractivity contribution in [3.8, 4) is 0 Å². The maximum absolute atomic E-state index is 12.6. The third-order valence-corrected chi connectivity index (χ3v) is 5.39. The molecule has 1 amide bonds. The Balaban J connectivity index is 1.44. The van der Waals surface area contributed by atoms with E-state index in [0.717, 1.165) is 41.8 Å². The molecule has 142 valence electrons. The largest absolute Gasteiger partial charge is 0.373 e. The Hall–Kier alpha value is -2.29. The molecule has 2 N–H and O–H groups in total. The Labute approximate surface area is 161 Å². The van der Waals surface area contributed by atoms with E-state index in [9.17, 15) is 4.79 Å². The monoisotopic (exact) mass is 385 g/mol. The maximum atomic E-state index is 12.6.